The minimum Gasteiger partial charge on any atom is -0.349 e. The molecule has 1 atom stereocenters. The zero-order valence-electron chi connectivity index (χ0n) is 19.3. The van der Waals surface area contributed by atoms with Crippen LogP contribution >= 0.6 is 11.3 Å². The van der Waals surface area contributed by atoms with Crippen LogP contribution in [0.2, 0.25) is 0 Å². The first-order valence-corrected chi connectivity index (χ1v) is 11.9. The Balaban J connectivity index is 1.54. The van der Waals surface area contributed by atoms with Crippen LogP contribution < -0.4 is 5.32 Å². The van der Waals surface area contributed by atoms with Crippen molar-refractivity contribution in [3.05, 3.63) is 83.1 Å². The predicted octanol–water partition coefficient (Wildman–Crippen LogP) is 4.90. The van der Waals surface area contributed by atoms with Gasteiger partial charge in [0.2, 0.25) is 0 Å². The Hall–Kier alpha value is -3.45. The van der Waals surface area contributed by atoms with Crippen LogP contribution in [0.4, 0.5) is 0 Å². The lowest BCUT2D eigenvalue weighted by Gasteiger charge is -2.32. The maximum atomic E-state index is 13.6. The summed E-state index contributed by atoms with van der Waals surface area (Å²) in [4.78, 5) is 33.5. The van der Waals surface area contributed by atoms with E-state index < -0.39 is 0 Å². The third-order valence-electron chi connectivity index (χ3n) is 5.95. The Morgan fingerprint density at radius 2 is 1.79 bits per heavy atom. The van der Waals surface area contributed by atoms with Gasteiger partial charge in [0.1, 0.15) is 5.69 Å². The SMILES string of the molecule is Cc1nc2sccn2c1C(=O)NC[C@H](C(C)C)N(C)C(=O)c1ccccc1-c1ccccc1. The summed E-state index contributed by atoms with van der Waals surface area (Å²) < 4.78 is 1.81. The van der Waals surface area contributed by atoms with Crippen LogP contribution in [0.1, 0.15) is 40.4 Å². The van der Waals surface area contributed by atoms with Crippen molar-refractivity contribution >= 4 is 28.1 Å². The number of nitrogens with one attached hydrogen (secondary N) is 1. The second kappa shape index (κ2) is 9.58. The average Bonchev–Trinajstić information content (AvgIpc) is 3.38. The van der Waals surface area contributed by atoms with Gasteiger partial charge >= 0.3 is 0 Å². The molecule has 0 fully saturated rings. The molecule has 2 aromatic carbocycles. The number of likely N-dealkylation sites (N-methyl/N-ethyl adjacent to an activating group) is 1. The van der Waals surface area contributed by atoms with E-state index in [-0.39, 0.29) is 23.8 Å². The number of aromatic nitrogens is 2. The van der Waals surface area contributed by atoms with Crippen molar-refractivity contribution in [3.8, 4) is 11.1 Å². The zero-order chi connectivity index (χ0) is 23.5. The van der Waals surface area contributed by atoms with Crippen molar-refractivity contribution in [2.24, 2.45) is 5.92 Å². The van der Waals surface area contributed by atoms with Gasteiger partial charge < -0.3 is 10.2 Å². The fourth-order valence-corrected chi connectivity index (χ4v) is 4.91. The molecule has 33 heavy (non-hydrogen) atoms. The van der Waals surface area contributed by atoms with Crippen molar-refractivity contribution in [2.45, 2.75) is 26.8 Å². The number of thiazole rings is 1. The monoisotopic (exact) mass is 460 g/mol. The summed E-state index contributed by atoms with van der Waals surface area (Å²) >= 11 is 1.49. The first kappa shape index (κ1) is 22.7. The number of rotatable bonds is 7. The van der Waals surface area contributed by atoms with Crippen LogP contribution in [0.15, 0.2) is 66.2 Å². The highest BCUT2D eigenvalue weighted by molar-refractivity contribution is 7.15. The number of carbonyl (C=O) groups is 2. The summed E-state index contributed by atoms with van der Waals surface area (Å²) in [7, 11) is 1.81. The number of imidazole rings is 1. The number of aryl methyl sites for hydroxylation is 1. The van der Waals surface area contributed by atoms with Gasteiger partial charge in [-0.3, -0.25) is 14.0 Å². The van der Waals surface area contributed by atoms with E-state index in [2.05, 4.69) is 24.1 Å². The molecule has 7 heteroatoms. The van der Waals surface area contributed by atoms with Gasteiger partial charge in [0.05, 0.1) is 11.7 Å². The number of nitrogens with zero attached hydrogens (tertiary/aromatic N) is 3. The van der Waals surface area contributed by atoms with Gasteiger partial charge in [0.15, 0.2) is 4.96 Å². The highest BCUT2D eigenvalue weighted by Crippen LogP contribution is 2.25. The lowest BCUT2D eigenvalue weighted by atomic mass is 9.97. The van der Waals surface area contributed by atoms with Gasteiger partial charge in [-0.25, -0.2) is 4.98 Å². The summed E-state index contributed by atoms with van der Waals surface area (Å²) in [5, 5.41) is 4.94. The van der Waals surface area contributed by atoms with E-state index in [1.54, 1.807) is 4.90 Å². The standard InChI is InChI=1S/C26H28N4O2S/c1-17(2)22(16-27-24(31)23-18(3)28-26-30(23)14-15-33-26)29(4)25(32)21-13-9-8-12-20(21)19-10-6-5-7-11-19/h5-15,17,22H,16H2,1-4H3,(H,27,31)/t22-/m1/s1. The highest BCUT2D eigenvalue weighted by Gasteiger charge is 2.27. The number of amides is 2. The summed E-state index contributed by atoms with van der Waals surface area (Å²) in [6.45, 7) is 6.31. The Labute approximate surface area is 197 Å². The highest BCUT2D eigenvalue weighted by atomic mass is 32.1. The molecule has 0 radical (unpaired) electrons. The molecule has 0 aliphatic carbocycles. The van der Waals surface area contributed by atoms with Crippen LogP contribution in [-0.2, 0) is 0 Å². The average molecular weight is 461 g/mol. The van der Waals surface area contributed by atoms with Crippen molar-refractivity contribution in [1.82, 2.24) is 19.6 Å². The Morgan fingerprint density at radius 3 is 2.52 bits per heavy atom. The molecule has 6 nitrogen and oxygen atoms in total. The maximum Gasteiger partial charge on any atom is 0.270 e. The smallest absolute Gasteiger partial charge is 0.270 e. The molecule has 0 aliphatic heterocycles. The fourth-order valence-electron chi connectivity index (χ4n) is 4.15. The Morgan fingerprint density at radius 1 is 1.09 bits per heavy atom. The van der Waals surface area contributed by atoms with Gasteiger partial charge in [-0.15, -0.1) is 11.3 Å². The predicted molar refractivity (Wildman–Crippen MR) is 133 cm³/mol. The number of benzene rings is 2. The van der Waals surface area contributed by atoms with E-state index in [1.807, 2.05) is 84.5 Å². The van der Waals surface area contributed by atoms with Crippen LogP contribution in [0.5, 0.6) is 0 Å². The third kappa shape index (κ3) is 4.54. The molecular formula is C26H28N4O2S. The van der Waals surface area contributed by atoms with E-state index in [4.69, 9.17) is 0 Å². The molecule has 1 N–H and O–H groups in total. The van der Waals surface area contributed by atoms with Gasteiger partial charge in [0, 0.05) is 30.7 Å². The lowest BCUT2D eigenvalue weighted by molar-refractivity contribution is 0.0675. The topological polar surface area (TPSA) is 66.7 Å². The Kier molecular flexibility index (Phi) is 6.60. The van der Waals surface area contributed by atoms with Gasteiger partial charge in [-0.1, -0.05) is 62.4 Å². The lowest BCUT2D eigenvalue weighted by Crippen LogP contribution is -2.48. The van der Waals surface area contributed by atoms with E-state index in [1.165, 1.54) is 11.3 Å². The molecule has 2 amide bonds. The molecule has 4 rings (SSSR count). The second-order valence-electron chi connectivity index (χ2n) is 8.45. The number of hydrogen-bond acceptors (Lipinski definition) is 4. The molecular weight excluding hydrogens is 432 g/mol. The van der Waals surface area contributed by atoms with Crippen molar-refractivity contribution < 1.29 is 9.59 Å². The molecule has 2 heterocycles. The summed E-state index contributed by atoms with van der Waals surface area (Å²) in [6, 6.07) is 17.4. The summed E-state index contributed by atoms with van der Waals surface area (Å²) in [5.41, 5.74) is 3.78. The first-order valence-electron chi connectivity index (χ1n) is 11.0. The molecule has 2 aromatic heterocycles. The molecule has 170 valence electrons. The molecule has 0 aliphatic rings. The number of fused-ring (bicyclic) bond motifs is 1. The summed E-state index contributed by atoms with van der Waals surface area (Å²) in [5.74, 6) is -0.103. The first-order chi connectivity index (χ1) is 15.9. The molecule has 0 bridgehead atoms. The van der Waals surface area contributed by atoms with Crippen molar-refractivity contribution in [1.29, 1.82) is 0 Å². The maximum absolute atomic E-state index is 13.6. The summed E-state index contributed by atoms with van der Waals surface area (Å²) in [6.07, 6.45) is 1.85. The number of hydrogen-bond donors (Lipinski definition) is 1. The molecule has 4 aromatic rings. The quantitative estimate of drug-likeness (QED) is 0.427. The minimum atomic E-state index is -0.186. The molecule has 0 unspecified atom stereocenters. The largest absolute Gasteiger partial charge is 0.349 e. The molecule has 0 saturated heterocycles. The second-order valence-corrected chi connectivity index (χ2v) is 9.32. The molecule has 0 saturated carbocycles. The van der Waals surface area contributed by atoms with E-state index >= 15 is 0 Å². The van der Waals surface area contributed by atoms with Gasteiger partial charge in [-0.2, -0.15) is 0 Å². The minimum absolute atomic E-state index is 0.0665. The zero-order valence-corrected chi connectivity index (χ0v) is 20.1. The van der Waals surface area contributed by atoms with E-state index in [0.29, 0.717) is 23.5 Å². The third-order valence-corrected chi connectivity index (χ3v) is 6.71. The van der Waals surface area contributed by atoms with Crippen LogP contribution in [0.25, 0.3) is 16.1 Å². The van der Waals surface area contributed by atoms with E-state index in [0.717, 1.165) is 16.1 Å². The van der Waals surface area contributed by atoms with Crippen LogP contribution in [-0.4, -0.2) is 45.7 Å². The number of carbonyl (C=O) groups excluding carboxylic acids is 2. The fraction of sp³-hybridized carbons (Fsp3) is 0.269. The van der Waals surface area contributed by atoms with Gasteiger partial charge in [0.25, 0.3) is 11.8 Å². The van der Waals surface area contributed by atoms with Gasteiger partial charge in [-0.05, 0) is 30.0 Å². The Bertz CT molecular complexity index is 1280. The van der Waals surface area contributed by atoms with E-state index in [9.17, 15) is 9.59 Å². The van der Waals surface area contributed by atoms with Crippen LogP contribution in [0.3, 0.4) is 0 Å². The van der Waals surface area contributed by atoms with Crippen molar-refractivity contribution in [3.63, 3.8) is 0 Å². The molecule has 0 spiro atoms. The van der Waals surface area contributed by atoms with Crippen LogP contribution in [0, 0.1) is 12.8 Å². The van der Waals surface area contributed by atoms with Crippen molar-refractivity contribution in [2.75, 3.05) is 13.6 Å². The normalized spacial score (nSPS) is 12.2.